The van der Waals surface area contributed by atoms with Gasteiger partial charge in [-0.15, -0.1) is 0 Å². The molecule has 1 aromatic rings. The zero-order valence-corrected chi connectivity index (χ0v) is 7.76. The quantitative estimate of drug-likeness (QED) is 0.655. The summed E-state index contributed by atoms with van der Waals surface area (Å²) in [6, 6.07) is 1.57. The molecule has 0 spiro atoms. The molecule has 3 nitrogen and oxygen atoms in total. The summed E-state index contributed by atoms with van der Waals surface area (Å²) in [4.78, 5) is 3.78. The van der Waals surface area contributed by atoms with Gasteiger partial charge in [0, 0.05) is 5.56 Å². The summed E-state index contributed by atoms with van der Waals surface area (Å²) >= 11 is 5.65. The number of rotatable bonds is 1. The summed E-state index contributed by atoms with van der Waals surface area (Å²) in [6.45, 7) is 3.30. The monoisotopic (exact) mass is 186 g/mol. The minimum Gasteiger partial charge on any atom is -0.397 e. The summed E-state index contributed by atoms with van der Waals surface area (Å²) in [7, 11) is 0. The summed E-state index contributed by atoms with van der Waals surface area (Å²) in [6.07, 6.45) is 1.44. The second-order valence-electron chi connectivity index (χ2n) is 3.15. The van der Waals surface area contributed by atoms with Crippen LogP contribution in [0.1, 0.15) is 19.4 Å². The molecule has 0 unspecified atom stereocenters. The molecule has 0 aliphatic rings. The van der Waals surface area contributed by atoms with E-state index in [0.29, 0.717) is 16.4 Å². The number of halogens is 1. The summed E-state index contributed by atoms with van der Waals surface area (Å²) in [5.41, 5.74) is 5.67. The Labute approximate surface area is 76.2 Å². The van der Waals surface area contributed by atoms with E-state index in [0.717, 1.165) is 0 Å². The minimum absolute atomic E-state index is 0.335. The number of aromatic nitrogens is 1. The molecule has 0 saturated carbocycles. The Kier molecular flexibility index (Phi) is 2.26. The molecule has 3 N–H and O–H groups in total. The number of nitrogen functional groups attached to an aromatic ring is 1. The first-order valence-electron chi connectivity index (χ1n) is 3.55. The lowest BCUT2D eigenvalue weighted by Crippen LogP contribution is -2.17. The molecule has 66 valence electrons. The molecular weight excluding hydrogens is 176 g/mol. The van der Waals surface area contributed by atoms with Gasteiger partial charge in [-0.3, -0.25) is 0 Å². The molecule has 0 amide bonds. The predicted molar refractivity (Wildman–Crippen MR) is 48.9 cm³/mol. The van der Waals surface area contributed by atoms with Crippen molar-refractivity contribution >= 4 is 17.3 Å². The highest BCUT2D eigenvalue weighted by atomic mass is 35.5. The fourth-order valence-corrected chi connectivity index (χ4v) is 1.13. The third-order valence-electron chi connectivity index (χ3n) is 1.56. The van der Waals surface area contributed by atoms with Gasteiger partial charge in [0.15, 0.2) is 0 Å². The largest absolute Gasteiger partial charge is 0.397 e. The molecular formula is C8H11ClN2O. The first kappa shape index (κ1) is 9.29. The second kappa shape index (κ2) is 2.92. The van der Waals surface area contributed by atoms with Crippen molar-refractivity contribution in [1.82, 2.24) is 4.98 Å². The number of nitrogens with two attached hydrogens (primary N) is 1. The van der Waals surface area contributed by atoms with Crippen LogP contribution in [0.2, 0.25) is 5.15 Å². The lowest BCUT2D eigenvalue weighted by atomic mass is 9.98. The first-order chi connectivity index (χ1) is 5.41. The minimum atomic E-state index is -0.976. The Morgan fingerprint density at radius 1 is 1.58 bits per heavy atom. The standard InChI is InChI=1S/C8H11ClN2O/c1-8(2,12)5-3-7(9)11-4-6(5)10/h3-4,12H,10H2,1-2H3. The van der Waals surface area contributed by atoms with Crippen LogP contribution in [0.25, 0.3) is 0 Å². The zero-order chi connectivity index (χ0) is 9.35. The highest BCUT2D eigenvalue weighted by molar-refractivity contribution is 6.29. The molecule has 0 aliphatic heterocycles. The molecule has 0 aliphatic carbocycles. The maximum atomic E-state index is 9.63. The number of hydrogen-bond acceptors (Lipinski definition) is 3. The van der Waals surface area contributed by atoms with Gasteiger partial charge < -0.3 is 10.8 Å². The Morgan fingerprint density at radius 3 is 2.58 bits per heavy atom. The molecule has 0 saturated heterocycles. The maximum absolute atomic E-state index is 9.63. The lowest BCUT2D eigenvalue weighted by Gasteiger charge is -2.19. The number of aliphatic hydroxyl groups is 1. The zero-order valence-electron chi connectivity index (χ0n) is 7.00. The van der Waals surface area contributed by atoms with Crippen molar-refractivity contribution in [2.24, 2.45) is 0 Å². The van der Waals surface area contributed by atoms with E-state index in [1.807, 2.05) is 0 Å². The fraction of sp³-hybridized carbons (Fsp3) is 0.375. The number of pyridine rings is 1. The first-order valence-corrected chi connectivity index (χ1v) is 3.93. The van der Waals surface area contributed by atoms with Crippen molar-refractivity contribution in [1.29, 1.82) is 0 Å². The van der Waals surface area contributed by atoms with Crippen molar-refractivity contribution in [2.45, 2.75) is 19.4 Å². The average Bonchev–Trinajstić information content (AvgIpc) is 1.92. The van der Waals surface area contributed by atoms with E-state index >= 15 is 0 Å². The molecule has 0 fully saturated rings. The molecule has 1 rings (SSSR count). The Balaban J connectivity index is 3.23. The van der Waals surface area contributed by atoms with E-state index in [-0.39, 0.29) is 0 Å². The van der Waals surface area contributed by atoms with Crippen LogP contribution in [-0.4, -0.2) is 10.1 Å². The van der Waals surface area contributed by atoms with Gasteiger partial charge in [-0.2, -0.15) is 0 Å². The van der Waals surface area contributed by atoms with Gasteiger partial charge in [-0.05, 0) is 19.9 Å². The van der Waals surface area contributed by atoms with Gasteiger partial charge in [-0.1, -0.05) is 11.6 Å². The van der Waals surface area contributed by atoms with Gasteiger partial charge in [0.05, 0.1) is 17.5 Å². The molecule has 0 atom stereocenters. The normalized spacial score (nSPS) is 11.7. The molecule has 1 aromatic heterocycles. The van der Waals surface area contributed by atoms with Crippen LogP contribution in [0, 0.1) is 0 Å². The van der Waals surface area contributed by atoms with E-state index in [9.17, 15) is 5.11 Å². The van der Waals surface area contributed by atoms with Crippen molar-refractivity contribution < 1.29 is 5.11 Å². The van der Waals surface area contributed by atoms with Crippen molar-refractivity contribution in [3.05, 3.63) is 23.0 Å². The van der Waals surface area contributed by atoms with Crippen LogP contribution in [0.15, 0.2) is 12.3 Å². The second-order valence-corrected chi connectivity index (χ2v) is 3.54. The number of nitrogens with zero attached hydrogens (tertiary/aromatic N) is 1. The Hall–Kier alpha value is -0.800. The third-order valence-corrected chi connectivity index (χ3v) is 1.77. The average molecular weight is 187 g/mol. The van der Waals surface area contributed by atoms with Crippen LogP contribution in [-0.2, 0) is 5.60 Å². The van der Waals surface area contributed by atoms with Gasteiger partial charge in [0.2, 0.25) is 0 Å². The van der Waals surface area contributed by atoms with Crippen molar-refractivity contribution in [3.8, 4) is 0 Å². The van der Waals surface area contributed by atoms with E-state index in [1.54, 1.807) is 19.9 Å². The Morgan fingerprint density at radius 2 is 2.17 bits per heavy atom. The van der Waals surface area contributed by atoms with Crippen molar-refractivity contribution in [3.63, 3.8) is 0 Å². The number of anilines is 1. The Bertz CT molecular complexity index is 294. The topological polar surface area (TPSA) is 59.1 Å². The summed E-state index contributed by atoms with van der Waals surface area (Å²) in [5.74, 6) is 0. The molecule has 4 heteroatoms. The van der Waals surface area contributed by atoms with Crippen LogP contribution in [0.5, 0.6) is 0 Å². The lowest BCUT2D eigenvalue weighted by molar-refractivity contribution is 0.0793. The van der Waals surface area contributed by atoms with E-state index < -0.39 is 5.60 Å². The number of hydrogen-bond donors (Lipinski definition) is 2. The van der Waals surface area contributed by atoms with Crippen LogP contribution < -0.4 is 5.73 Å². The fourth-order valence-electron chi connectivity index (χ4n) is 0.970. The SMILES string of the molecule is CC(C)(O)c1cc(Cl)ncc1N. The van der Waals surface area contributed by atoms with E-state index in [2.05, 4.69) is 4.98 Å². The highest BCUT2D eigenvalue weighted by Gasteiger charge is 2.19. The maximum Gasteiger partial charge on any atom is 0.129 e. The predicted octanol–water partition coefficient (Wildman–Crippen LogP) is 1.54. The van der Waals surface area contributed by atoms with Crippen LogP contribution >= 0.6 is 11.6 Å². The van der Waals surface area contributed by atoms with Gasteiger partial charge in [0.25, 0.3) is 0 Å². The smallest absolute Gasteiger partial charge is 0.129 e. The molecule has 0 radical (unpaired) electrons. The van der Waals surface area contributed by atoms with E-state index in [4.69, 9.17) is 17.3 Å². The van der Waals surface area contributed by atoms with Crippen molar-refractivity contribution in [2.75, 3.05) is 5.73 Å². The van der Waals surface area contributed by atoms with Gasteiger partial charge >= 0.3 is 0 Å². The molecule has 1 heterocycles. The molecule has 0 aromatic carbocycles. The van der Waals surface area contributed by atoms with Crippen LogP contribution in [0.4, 0.5) is 5.69 Å². The molecule has 12 heavy (non-hydrogen) atoms. The summed E-state index contributed by atoms with van der Waals surface area (Å²) < 4.78 is 0. The highest BCUT2D eigenvalue weighted by Crippen LogP contribution is 2.26. The van der Waals surface area contributed by atoms with Gasteiger partial charge in [-0.25, -0.2) is 4.98 Å². The van der Waals surface area contributed by atoms with E-state index in [1.165, 1.54) is 6.20 Å². The third kappa shape index (κ3) is 1.87. The molecule has 0 bridgehead atoms. The van der Waals surface area contributed by atoms with Gasteiger partial charge in [0.1, 0.15) is 5.15 Å². The summed E-state index contributed by atoms with van der Waals surface area (Å²) in [5, 5.41) is 9.96. The van der Waals surface area contributed by atoms with Crippen LogP contribution in [0.3, 0.4) is 0 Å².